The monoisotopic (exact) mass is 277 g/mol. The van der Waals surface area contributed by atoms with Crippen molar-refractivity contribution in [1.29, 1.82) is 0 Å². The highest BCUT2D eigenvalue weighted by molar-refractivity contribution is 7.17. The van der Waals surface area contributed by atoms with Gasteiger partial charge in [0.25, 0.3) is 5.91 Å². The van der Waals surface area contributed by atoms with Gasteiger partial charge in [-0.3, -0.25) is 4.79 Å². The molecule has 2 rings (SSSR count). The number of piperidine rings is 1. The minimum atomic E-state index is 0.0504. The van der Waals surface area contributed by atoms with Gasteiger partial charge in [-0.05, 0) is 24.5 Å². The van der Waals surface area contributed by atoms with Gasteiger partial charge in [0.1, 0.15) is 0 Å². The van der Waals surface area contributed by atoms with Crippen LogP contribution in [0.2, 0.25) is 4.34 Å². The molecule has 0 bridgehead atoms. The van der Waals surface area contributed by atoms with Crippen molar-refractivity contribution in [3.8, 4) is 0 Å². The zero-order valence-corrected chi connectivity index (χ0v) is 11.3. The molecule has 16 heavy (non-hydrogen) atoms. The van der Waals surface area contributed by atoms with E-state index in [4.69, 9.17) is 23.2 Å². The standard InChI is InChI=1S/C11H13Cl2NOS/c1-7-4-5-14(6-8(7)12)11(15)9-2-3-10(13)16-9/h2-3,7-8H,4-6H2,1H3. The summed E-state index contributed by atoms with van der Waals surface area (Å²) < 4.78 is 0.649. The summed E-state index contributed by atoms with van der Waals surface area (Å²) in [6.07, 6.45) is 0.971. The van der Waals surface area contributed by atoms with E-state index in [-0.39, 0.29) is 11.3 Å². The van der Waals surface area contributed by atoms with Crippen LogP contribution in [0.1, 0.15) is 23.0 Å². The van der Waals surface area contributed by atoms with E-state index in [2.05, 4.69) is 6.92 Å². The molecule has 0 aromatic carbocycles. The van der Waals surface area contributed by atoms with E-state index < -0.39 is 0 Å². The van der Waals surface area contributed by atoms with Crippen LogP contribution in [0.25, 0.3) is 0 Å². The third-order valence-corrected chi connectivity index (χ3v) is 4.73. The number of thiophene rings is 1. The Hall–Kier alpha value is -0.250. The number of nitrogens with zero attached hydrogens (tertiary/aromatic N) is 1. The summed E-state index contributed by atoms with van der Waals surface area (Å²) in [5.74, 6) is 0.534. The van der Waals surface area contributed by atoms with Crippen molar-refractivity contribution in [1.82, 2.24) is 4.90 Å². The molecule has 1 aromatic rings. The van der Waals surface area contributed by atoms with Crippen LogP contribution in [0.15, 0.2) is 12.1 Å². The van der Waals surface area contributed by atoms with Crippen molar-refractivity contribution in [3.63, 3.8) is 0 Å². The van der Waals surface area contributed by atoms with E-state index in [1.54, 1.807) is 12.1 Å². The van der Waals surface area contributed by atoms with Crippen LogP contribution in [0.4, 0.5) is 0 Å². The second kappa shape index (κ2) is 4.94. The van der Waals surface area contributed by atoms with Crippen LogP contribution < -0.4 is 0 Å². The van der Waals surface area contributed by atoms with Gasteiger partial charge < -0.3 is 4.90 Å². The van der Waals surface area contributed by atoms with Crippen molar-refractivity contribution in [2.24, 2.45) is 5.92 Å². The fraction of sp³-hybridized carbons (Fsp3) is 0.545. The first-order chi connectivity index (χ1) is 7.58. The maximum absolute atomic E-state index is 12.1. The summed E-state index contributed by atoms with van der Waals surface area (Å²) in [7, 11) is 0. The molecule has 1 aliphatic rings. The lowest BCUT2D eigenvalue weighted by atomic mass is 9.98. The largest absolute Gasteiger partial charge is 0.336 e. The first-order valence-corrected chi connectivity index (χ1v) is 6.89. The van der Waals surface area contributed by atoms with E-state index >= 15 is 0 Å². The molecule has 1 aliphatic heterocycles. The number of alkyl halides is 1. The van der Waals surface area contributed by atoms with Crippen molar-refractivity contribution in [2.45, 2.75) is 18.7 Å². The predicted molar refractivity (Wildman–Crippen MR) is 68.7 cm³/mol. The van der Waals surface area contributed by atoms with E-state index in [0.29, 0.717) is 21.7 Å². The van der Waals surface area contributed by atoms with E-state index in [1.807, 2.05) is 4.90 Å². The fourth-order valence-electron chi connectivity index (χ4n) is 1.79. The number of hydrogen-bond acceptors (Lipinski definition) is 2. The molecule has 0 saturated carbocycles. The number of hydrogen-bond donors (Lipinski definition) is 0. The third kappa shape index (κ3) is 2.53. The quantitative estimate of drug-likeness (QED) is 0.720. The smallest absolute Gasteiger partial charge is 0.264 e. The normalized spacial score (nSPS) is 25.8. The lowest BCUT2D eigenvalue weighted by molar-refractivity contribution is 0.0706. The minimum absolute atomic E-state index is 0.0504. The Kier molecular flexibility index (Phi) is 3.77. The molecular formula is C11H13Cl2NOS. The van der Waals surface area contributed by atoms with Gasteiger partial charge in [0.15, 0.2) is 0 Å². The Morgan fingerprint density at radius 1 is 1.56 bits per heavy atom. The van der Waals surface area contributed by atoms with Crippen LogP contribution in [-0.4, -0.2) is 29.3 Å². The summed E-state index contributed by atoms with van der Waals surface area (Å²) in [5, 5.41) is 0.0631. The molecule has 1 aromatic heterocycles. The van der Waals surface area contributed by atoms with E-state index in [9.17, 15) is 4.79 Å². The highest BCUT2D eigenvalue weighted by atomic mass is 35.5. The first kappa shape index (κ1) is 12.2. The van der Waals surface area contributed by atoms with Crippen LogP contribution >= 0.6 is 34.5 Å². The molecule has 88 valence electrons. The highest BCUT2D eigenvalue weighted by Gasteiger charge is 2.28. The lowest BCUT2D eigenvalue weighted by Gasteiger charge is -2.33. The van der Waals surface area contributed by atoms with E-state index in [1.165, 1.54) is 11.3 Å². The fourth-order valence-corrected chi connectivity index (χ4v) is 3.10. The summed E-state index contributed by atoms with van der Waals surface area (Å²) in [4.78, 5) is 14.6. The van der Waals surface area contributed by atoms with Gasteiger partial charge in [0, 0.05) is 13.1 Å². The van der Waals surface area contributed by atoms with Crippen molar-refractivity contribution in [2.75, 3.05) is 13.1 Å². The van der Waals surface area contributed by atoms with Gasteiger partial charge in [-0.25, -0.2) is 0 Å². The summed E-state index contributed by atoms with van der Waals surface area (Å²) in [6.45, 7) is 3.55. The number of rotatable bonds is 1. The maximum atomic E-state index is 12.1. The highest BCUT2D eigenvalue weighted by Crippen LogP contribution is 2.26. The summed E-state index contributed by atoms with van der Waals surface area (Å²) in [6, 6.07) is 3.53. The number of carbonyl (C=O) groups is 1. The van der Waals surface area contributed by atoms with Gasteiger partial charge in [-0.15, -0.1) is 22.9 Å². The molecule has 2 heterocycles. The molecule has 1 amide bonds. The molecule has 5 heteroatoms. The number of carbonyl (C=O) groups excluding carboxylic acids is 1. The van der Waals surface area contributed by atoms with Crippen LogP contribution in [-0.2, 0) is 0 Å². The van der Waals surface area contributed by atoms with Gasteiger partial charge in [-0.2, -0.15) is 0 Å². The molecule has 2 unspecified atom stereocenters. The van der Waals surface area contributed by atoms with Gasteiger partial charge in [0.05, 0.1) is 14.6 Å². The Balaban J connectivity index is 2.06. The summed E-state index contributed by atoms with van der Waals surface area (Å²) >= 11 is 13.3. The minimum Gasteiger partial charge on any atom is -0.336 e. The molecule has 2 atom stereocenters. The molecule has 1 saturated heterocycles. The molecule has 0 radical (unpaired) electrons. The average Bonchev–Trinajstić information content (AvgIpc) is 2.68. The first-order valence-electron chi connectivity index (χ1n) is 5.26. The van der Waals surface area contributed by atoms with Crippen molar-refractivity contribution >= 4 is 40.4 Å². The zero-order valence-electron chi connectivity index (χ0n) is 8.95. The van der Waals surface area contributed by atoms with Gasteiger partial charge in [0.2, 0.25) is 0 Å². The third-order valence-electron chi connectivity index (χ3n) is 2.94. The number of halogens is 2. The molecule has 2 nitrogen and oxygen atoms in total. The summed E-state index contributed by atoms with van der Waals surface area (Å²) in [5.41, 5.74) is 0. The Labute approximate surface area is 109 Å². The number of amides is 1. The van der Waals surface area contributed by atoms with Crippen LogP contribution in [0.3, 0.4) is 0 Å². The lowest BCUT2D eigenvalue weighted by Crippen LogP contribution is -2.43. The second-order valence-corrected chi connectivity index (χ2v) is 6.41. The molecule has 0 spiro atoms. The predicted octanol–water partition coefficient (Wildman–Crippen LogP) is 3.49. The Morgan fingerprint density at radius 2 is 2.31 bits per heavy atom. The second-order valence-electron chi connectivity index (χ2n) is 4.14. The Morgan fingerprint density at radius 3 is 2.88 bits per heavy atom. The van der Waals surface area contributed by atoms with Crippen molar-refractivity contribution < 1.29 is 4.79 Å². The van der Waals surface area contributed by atoms with Gasteiger partial charge >= 0.3 is 0 Å². The molecule has 0 aliphatic carbocycles. The zero-order chi connectivity index (χ0) is 11.7. The average molecular weight is 278 g/mol. The molecule has 0 N–H and O–H groups in total. The van der Waals surface area contributed by atoms with Crippen LogP contribution in [0.5, 0.6) is 0 Å². The van der Waals surface area contributed by atoms with Crippen LogP contribution in [0, 0.1) is 5.92 Å². The van der Waals surface area contributed by atoms with Crippen molar-refractivity contribution in [3.05, 3.63) is 21.3 Å². The van der Waals surface area contributed by atoms with Gasteiger partial charge in [-0.1, -0.05) is 18.5 Å². The Bertz CT molecular complexity index is 393. The topological polar surface area (TPSA) is 20.3 Å². The SMILES string of the molecule is CC1CCN(C(=O)c2ccc(Cl)s2)CC1Cl. The maximum Gasteiger partial charge on any atom is 0.264 e. The molecule has 1 fully saturated rings. The number of likely N-dealkylation sites (tertiary alicyclic amines) is 1. The molecular weight excluding hydrogens is 265 g/mol. The van der Waals surface area contributed by atoms with E-state index in [0.717, 1.165) is 13.0 Å².